The summed E-state index contributed by atoms with van der Waals surface area (Å²) in [6.45, 7) is 4.12. The van der Waals surface area contributed by atoms with E-state index in [0.717, 1.165) is 54.3 Å². The lowest BCUT2D eigenvalue weighted by Crippen LogP contribution is -2.50. The lowest BCUT2D eigenvalue weighted by atomic mass is 9.77. The van der Waals surface area contributed by atoms with Crippen molar-refractivity contribution in [2.75, 3.05) is 38.6 Å². The van der Waals surface area contributed by atoms with Gasteiger partial charge in [-0.1, -0.05) is 67.4 Å². The van der Waals surface area contributed by atoms with Gasteiger partial charge >= 0.3 is 0 Å². The molecule has 16 heteroatoms. The van der Waals surface area contributed by atoms with Gasteiger partial charge in [0.05, 0.1) is 40.5 Å². The molecular formula is C48H52ClF2N7O6. The van der Waals surface area contributed by atoms with Gasteiger partial charge in [-0.05, 0) is 55.9 Å². The maximum absolute atomic E-state index is 16.2. The summed E-state index contributed by atoms with van der Waals surface area (Å²) < 4.78 is 45.6. The normalized spacial score (nSPS) is 19.9. The summed E-state index contributed by atoms with van der Waals surface area (Å²) in [5.41, 5.74) is 7.93. The molecule has 2 fully saturated rings. The van der Waals surface area contributed by atoms with E-state index in [4.69, 9.17) is 26.8 Å². The van der Waals surface area contributed by atoms with Crippen molar-refractivity contribution >= 4 is 51.8 Å². The second kappa shape index (κ2) is 18.6. The molecular weight excluding hydrogens is 844 g/mol. The molecule has 4 amide bonds. The number of likely N-dealkylation sites (tertiary alicyclic amines) is 1. The van der Waals surface area contributed by atoms with E-state index in [1.54, 1.807) is 4.68 Å². The number of aromatic nitrogens is 2. The van der Waals surface area contributed by atoms with E-state index < -0.39 is 35.0 Å². The molecule has 8 rings (SSSR count). The van der Waals surface area contributed by atoms with Gasteiger partial charge in [-0.15, -0.1) is 0 Å². The molecule has 13 nitrogen and oxygen atoms in total. The number of benzene rings is 4. The molecule has 1 aromatic heterocycles. The van der Waals surface area contributed by atoms with Crippen LogP contribution in [-0.4, -0.2) is 77.6 Å². The maximum Gasteiger partial charge on any atom is 0.249 e. The van der Waals surface area contributed by atoms with Crippen molar-refractivity contribution in [2.24, 2.45) is 12.8 Å². The van der Waals surface area contributed by atoms with E-state index in [-0.39, 0.29) is 63.4 Å². The van der Waals surface area contributed by atoms with Gasteiger partial charge in [-0.3, -0.25) is 29.2 Å². The Kier molecular flexibility index (Phi) is 12.9. The Labute approximate surface area is 375 Å². The van der Waals surface area contributed by atoms with E-state index in [9.17, 15) is 19.2 Å². The van der Waals surface area contributed by atoms with Crippen molar-refractivity contribution in [3.63, 3.8) is 0 Å². The van der Waals surface area contributed by atoms with Gasteiger partial charge in [-0.25, -0.2) is 8.78 Å². The number of ether oxygens (including phenoxy) is 2. The average Bonchev–Trinajstić information content (AvgIpc) is 3.77. The number of halogens is 3. The van der Waals surface area contributed by atoms with E-state index in [1.807, 2.05) is 67.4 Å². The molecule has 3 unspecified atom stereocenters. The number of unbranched alkanes of at least 4 members (excludes halogenated alkanes) is 2. The number of aryl methyl sites for hydroxylation is 1. The standard InChI is InChI=1S/C48H52ClF2N7O6/c1-27-39-36(25-33(50)42(49)41(39)40-30(46(52)61)16-18-35(63-3)43(40)51)64-48(27,28-11-6-4-7-12-28)26-54-29-20-23-58(24-21-29)38(60)15-8-5-9-22-53-34-14-10-13-31-44(56-57(2)45(31)34)32-17-19-37(59)55-47(32)62/h4,6-7,10-14,16,18,25,27,29,32,53-54H,5,8-9,15,17,19-24,26H2,1-3H3,(H2,52,61)(H,55,59,62). The number of anilines is 1. The van der Waals surface area contributed by atoms with Crippen LogP contribution in [0.4, 0.5) is 14.5 Å². The summed E-state index contributed by atoms with van der Waals surface area (Å²) >= 11 is 6.67. The van der Waals surface area contributed by atoms with Crippen LogP contribution in [0.25, 0.3) is 22.0 Å². The number of methoxy groups -OCH3 is 1. The molecule has 336 valence electrons. The molecule has 0 bridgehead atoms. The summed E-state index contributed by atoms with van der Waals surface area (Å²) in [4.78, 5) is 52.2. The minimum absolute atomic E-state index is 0.0142. The highest BCUT2D eigenvalue weighted by Crippen LogP contribution is 2.56. The third kappa shape index (κ3) is 8.38. The molecule has 0 radical (unpaired) electrons. The van der Waals surface area contributed by atoms with Crippen LogP contribution in [0.5, 0.6) is 11.5 Å². The number of nitrogens with two attached hydrogens (primary N) is 1. The quantitative estimate of drug-likeness (QED) is 0.0616. The van der Waals surface area contributed by atoms with E-state index in [0.29, 0.717) is 50.3 Å². The minimum Gasteiger partial charge on any atom is -0.494 e. The Balaban J connectivity index is 0.869. The van der Waals surface area contributed by atoms with Crippen LogP contribution in [0, 0.1) is 11.6 Å². The second-order valence-corrected chi connectivity index (χ2v) is 17.3. The van der Waals surface area contributed by atoms with Crippen molar-refractivity contribution in [3.8, 4) is 22.6 Å². The summed E-state index contributed by atoms with van der Waals surface area (Å²) in [6, 6.07) is 19.3. The monoisotopic (exact) mass is 895 g/mol. The van der Waals surface area contributed by atoms with Gasteiger partial charge in [0.1, 0.15) is 11.6 Å². The molecule has 5 N–H and O–H groups in total. The Morgan fingerprint density at radius 1 is 1.02 bits per heavy atom. The summed E-state index contributed by atoms with van der Waals surface area (Å²) in [5.74, 6) is -4.05. The van der Waals surface area contributed by atoms with E-state index >= 15 is 8.78 Å². The van der Waals surface area contributed by atoms with Crippen LogP contribution in [0.1, 0.15) is 97.3 Å². The third-order valence-corrected chi connectivity index (χ3v) is 13.5. The van der Waals surface area contributed by atoms with Crippen LogP contribution in [0.2, 0.25) is 5.02 Å². The summed E-state index contributed by atoms with van der Waals surface area (Å²) in [6.07, 6.45) is 5.11. The fourth-order valence-corrected chi connectivity index (χ4v) is 9.94. The number of nitrogens with zero attached hydrogens (tertiary/aromatic N) is 3. The number of amides is 4. The van der Waals surface area contributed by atoms with Gasteiger partial charge in [0.15, 0.2) is 17.2 Å². The molecule has 5 aromatic rings. The molecule has 3 aliphatic rings. The fourth-order valence-electron chi connectivity index (χ4n) is 9.69. The number of hydrogen-bond acceptors (Lipinski definition) is 9. The van der Waals surface area contributed by atoms with Crippen LogP contribution in [-0.2, 0) is 27.0 Å². The first kappa shape index (κ1) is 44.5. The lowest BCUT2D eigenvalue weighted by Gasteiger charge is -2.38. The van der Waals surface area contributed by atoms with Crippen LogP contribution in [0.3, 0.4) is 0 Å². The van der Waals surface area contributed by atoms with Gasteiger partial charge < -0.3 is 30.7 Å². The van der Waals surface area contributed by atoms with Gasteiger partial charge in [-0.2, -0.15) is 5.10 Å². The molecule has 0 spiro atoms. The average molecular weight is 896 g/mol. The number of fused-ring (bicyclic) bond motifs is 2. The van der Waals surface area contributed by atoms with Crippen LogP contribution < -0.4 is 31.2 Å². The highest BCUT2D eigenvalue weighted by atomic mass is 35.5. The largest absolute Gasteiger partial charge is 0.494 e. The molecule has 0 aliphatic carbocycles. The molecule has 3 atom stereocenters. The predicted molar refractivity (Wildman–Crippen MR) is 239 cm³/mol. The number of nitrogens with one attached hydrogen (secondary N) is 3. The zero-order valence-electron chi connectivity index (χ0n) is 36.1. The Hall–Kier alpha value is -6.06. The lowest BCUT2D eigenvalue weighted by molar-refractivity contribution is -0.134. The van der Waals surface area contributed by atoms with Crippen molar-refractivity contribution in [1.29, 1.82) is 0 Å². The number of carbonyl (C=O) groups excluding carboxylic acids is 4. The van der Waals surface area contributed by atoms with Crippen molar-refractivity contribution < 1.29 is 37.4 Å². The fraction of sp³-hybridized carbons (Fsp3) is 0.396. The van der Waals surface area contributed by atoms with E-state index in [1.165, 1.54) is 25.3 Å². The Morgan fingerprint density at radius 2 is 1.78 bits per heavy atom. The second-order valence-electron chi connectivity index (χ2n) is 16.9. The van der Waals surface area contributed by atoms with Crippen molar-refractivity contribution in [2.45, 2.75) is 81.8 Å². The minimum atomic E-state index is -1.08. The first-order chi connectivity index (χ1) is 30.8. The molecule has 0 saturated carbocycles. The zero-order valence-corrected chi connectivity index (χ0v) is 36.8. The number of primary amides is 1. The zero-order chi connectivity index (χ0) is 45.3. The number of imide groups is 1. The van der Waals surface area contributed by atoms with Crippen LogP contribution in [0.15, 0.2) is 66.7 Å². The number of hydrogen-bond donors (Lipinski definition) is 4. The molecule has 3 aliphatic heterocycles. The van der Waals surface area contributed by atoms with Crippen molar-refractivity contribution in [1.82, 2.24) is 25.3 Å². The SMILES string of the molecule is COc1ccc(C(N)=O)c(-c2c(Cl)c(F)cc3c2C(C)C(CNC2CCN(C(=O)CCCCCNc4cccc5c(C6CCC(=O)NC6=O)nn(C)c45)CC2)(c2ccccc2)O3)c1F. The number of piperidine rings is 2. The summed E-state index contributed by atoms with van der Waals surface area (Å²) in [7, 11) is 3.15. The maximum atomic E-state index is 16.2. The third-order valence-electron chi connectivity index (χ3n) is 13.1. The first-order valence-electron chi connectivity index (χ1n) is 21.8. The van der Waals surface area contributed by atoms with E-state index in [2.05, 4.69) is 21.0 Å². The highest BCUT2D eigenvalue weighted by Gasteiger charge is 2.50. The molecule has 4 heterocycles. The molecule has 2 saturated heterocycles. The topological polar surface area (TPSA) is 170 Å². The number of carbonyl (C=O) groups is 4. The Morgan fingerprint density at radius 3 is 2.50 bits per heavy atom. The number of rotatable bonds is 15. The van der Waals surface area contributed by atoms with Gasteiger partial charge in [0, 0.05) is 86.2 Å². The van der Waals surface area contributed by atoms with Gasteiger partial charge in [0.2, 0.25) is 23.6 Å². The van der Waals surface area contributed by atoms with Crippen LogP contribution >= 0.6 is 11.6 Å². The first-order valence-corrected chi connectivity index (χ1v) is 22.2. The number of para-hydroxylation sites is 1. The predicted octanol–water partition coefficient (Wildman–Crippen LogP) is 7.44. The highest BCUT2D eigenvalue weighted by molar-refractivity contribution is 6.34. The molecule has 4 aromatic carbocycles. The van der Waals surface area contributed by atoms with Gasteiger partial charge in [0.25, 0.3) is 0 Å². The van der Waals surface area contributed by atoms with Crippen molar-refractivity contribution in [3.05, 3.63) is 106 Å². The smallest absolute Gasteiger partial charge is 0.249 e. The molecule has 64 heavy (non-hydrogen) atoms. The Bertz CT molecular complexity index is 2620. The summed E-state index contributed by atoms with van der Waals surface area (Å²) in [5, 5.41) is 14.8.